The van der Waals surface area contributed by atoms with Crippen molar-refractivity contribution in [1.82, 2.24) is 4.72 Å². The Morgan fingerprint density at radius 1 is 0.909 bits per heavy atom. The molecule has 4 aromatic rings. The largest absolute Gasteiger partial charge is 0.493 e. The molecule has 4 aromatic carbocycles. The van der Waals surface area contributed by atoms with Crippen LogP contribution in [0.3, 0.4) is 0 Å². The topological polar surface area (TPSA) is 72.5 Å². The zero-order valence-corrected chi connectivity index (χ0v) is 19.1. The molecule has 0 radical (unpaired) electrons. The Labute approximate surface area is 197 Å². The van der Waals surface area contributed by atoms with Gasteiger partial charge in [0.05, 0.1) is 11.5 Å². The SMILES string of the molecule is O=C(NS(=O)(=O)c1cccc2ccccc12)C1(c2ccccc2)CCOc2ccc(Cl)cc21. The second-order valence-electron chi connectivity index (χ2n) is 7.92. The lowest BCUT2D eigenvalue weighted by atomic mass is 9.70. The molecule has 1 heterocycles. The summed E-state index contributed by atoms with van der Waals surface area (Å²) in [4.78, 5) is 14.0. The lowest BCUT2D eigenvalue weighted by Gasteiger charge is -2.38. The smallest absolute Gasteiger partial charge is 0.264 e. The molecule has 1 unspecified atom stereocenters. The van der Waals surface area contributed by atoms with Gasteiger partial charge in [0.25, 0.3) is 10.0 Å². The maximum atomic E-state index is 13.9. The van der Waals surface area contributed by atoms with E-state index in [9.17, 15) is 13.2 Å². The van der Waals surface area contributed by atoms with Gasteiger partial charge in [0, 0.05) is 22.4 Å². The van der Waals surface area contributed by atoms with Gasteiger partial charge in [-0.15, -0.1) is 0 Å². The summed E-state index contributed by atoms with van der Waals surface area (Å²) in [5.41, 5.74) is -0.0716. The predicted molar refractivity (Wildman–Crippen MR) is 128 cm³/mol. The highest BCUT2D eigenvalue weighted by Gasteiger charge is 2.47. The highest BCUT2D eigenvalue weighted by atomic mass is 35.5. The average Bonchev–Trinajstić information content (AvgIpc) is 2.83. The van der Waals surface area contributed by atoms with Crippen molar-refractivity contribution in [3.05, 3.63) is 107 Å². The lowest BCUT2D eigenvalue weighted by molar-refractivity contribution is -0.124. The van der Waals surface area contributed by atoms with Gasteiger partial charge in [-0.1, -0.05) is 78.3 Å². The molecule has 0 aliphatic carbocycles. The van der Waals surface area contributed by atoms with Crippen LogP contribution in [0.5, 0.6) is 5.75 Å². The summed E-state index contributed by atoms with van der Waals surface area (Å²) < 4.78 is 35.1. The summed E-state index contributed by atoms with van der Waals surface area (Å²) in [6, 6.07) is 26.4. The molecule has 0 saturated carbocycles. The van der Waals surface area contributed by atoms with Gasteiger partial charge >= 0.3 is 0 Å². The van der Waals surface area contributed by atoms with E-state index in [4.69, 9.17) is 16.3 Å². The minimum Gasteiger partial charge on any atom is -0.493 e. The summed E-state index contributed by atoms with van der Waals surface area (Å²) in [7, 11) is -4.17. The van der Waals surface area contributed by atoms with E-state index in [0.717, 1.165) is 5.39 Å². The fourth-order valence-corrected chi connectivity index (χ4v) is 5.93. The fraction of sp³-hybridized carbons (Fsp3) is 0.115. The van der Waals surface area contributed by atoms with E-state index >= 15 is 0 Å². The van der Waals surface area contributed by atoms with Crippen LogP contribution in [0.15, 0.2) is 95.9 Å². The Balaban J connectivity index is 1.66. The van der Waals surface area contributed by atoms with Crippen LogP contribution in [0.2, 0.25) is 5.02 Å². The highest BCUT2D eigenvalue weighted by molar-refractivity contribution is 7.90. The van der Waals surface area contributed by atoms with Gasteiger partial charge in [-0.05, 0) is 35.2 Å². The molecule has 1 amide bonds. The zero-order valence-electron chi connectivity index (χ0n) is 17.5. The normalized spacial score (nSPS) is 17.7. The van der Waals surface area contributed by atoms with Crippen LogP contribution in [0, 0.1) is 0 Å². The van der Waals surface area contributed by atoms with E-state index in [1.54, 1.807) is 36.4 Å². The Bertz CT molecular complexity index is 1470. The molecule has 7 heteroatoms. The van der Waals surface area contributed by atoms with Crippen molar-refractivity contribution in [2.45, 2.75) is 16.7 Å². The second kappa shape index (κ2) is 8.21. The third kappa shape index (κ3) is 3.65. The molecule has 0 spiro atoms. The Morgan fingerprint density at radius 2 is 1.64 bits per heavy atom. The van der Waals surface area contributed by atoms with Crippen molar-refractivity contribution < 1.29 is 17.9 Å². The molecule has 1 aliphatic heterocycles. The Morgan fingerprint density at radius 3 is 2.45 bits per heavy atom. The van der Waals surface area contributed by atoms with Gasteiger partial charge < -0.3 is 4.74 Å². The fourth-order valence-electron chi connectivity index (χ4n) is 4.49. The first-order chi connectivity index (χ1) is 15.9. The molecule has 166 valence electrons. The first-order valence-electron chi connectivity index (χ1n) is 10.5. The quantitative estimate of drug-likeness (QED) is 0.445. The number of nitrogens with one attached hydrogen (secondary N) is 1. The van der Waals surface area contributed by atoms with Crippen LogP contribution < -0.4 is 9.46 Å². The lowest BCUT2D eigenvalue weighted by Crippen LogP contribution is -2.50. The van der Waals surface area contributed by atoms with Gasteiger partial charge in [0.1, 0.15) is 11.2 Å². The predicted octanol–water partition coefficient (Wildman–Crippen LogP) is 5.07. The van der Waals surface area contributed by atoms with Gasteiger partial charge in [-0.2, -0.15) is 0 Å². The van der Waals surface area contributed by atoms with E-state index in [2.05, 4.69) is 4.72 Å². The van der Waals surface area contributed by atoms with Crippen LogP contribution in [0.25, 0.3) is 10.8 Å². The molecule has 5 rings (SSSR count). The third-order valence-electron chi connectivity index (χ3n) is 6.06. The van der Waals surface area contributed by atoms with Crippen molar-refractivity contribution >= 4 is 38.3 Å². The van der Waals surface area contributed by atoms with Gasteiger partial charge in [0.2, 0.25) is 5.91 Å². The number of hydrogen-bond acceptors (Lipinski definition) is 4. The molecule has 0 fully saturated rings. The molecule has 0 saturated heterocycles. The number of hydrogen-bond donors (Lipinski definition) is 1. The number of benzene rings is 4. The van der Waals surface area contributed by atoms with Gasteiger partial charge in [-0.3, -0.25) is 4.79 Å². The van der Waals surface area contributed by atoms with E-state index < -0.39 is 21.3 Å². The van der Waals surface area contributed by atoms with Crippen LogP contribution >= 0.6 is 11.6 Å². The number of carbonyl (C=O) groups is 1. The van der Waals surface area contributed by atoms with E-state index in [1.807, 2.05) is 48.5 Å². The summed E-state index contributed by atoms with van der Waals surface area (Å²) in [5, 5.41) is 1.75. The minimum absolute atomic E-state index is 0.0514. The molecule has 1 atom stereocenters. The van der Waals surface area contributed by atoms with Gasteiger partial charge in [0.15, 0.2) is 0 Å². The number of halogens is 1. The number of sulfonamides is 1. The van der Waals surface area contributed by atoms with Crippen LogP contribution in [0.4, 0.5) is 0 Å². The first kappa shape index (κ1) is 21.5. The summed E-state index contributed by atoms with van der Waals surface area (Å²) in [5.74, 6) is -0.138. The average molecular weight is 478 g/mol. The molecule has 33 heavy (non-hydrogen) atoms. The summed E-state index contributed by atoms with van der Waals surface area (Å²) >= 11 is 6.28. The van der Waals surface area contributed by atoms with Crippen LogP contribution in [-0.2, 0) is 20.2 Å². The number of rotatable bonds is 4. The summed E-state index contributed by atoms with van der Waals surface area (Å²) in [6.45, 7) is 0.255. The molecular formula is C26H20ClNO4S. The minimum atomic E-state index is -4.17. The monoisotopic (exact) mass is 477 g/mol. The molecule has 1 N–H and O–H groups in total. The molecule has 5 nitrogen and oxygen atoms in total. The van der Waals surface area contributed by atoms with Crippen molar-refractivity contribution in [3.63, 3.8) is 0 Å². The van der Waals surface area contributed by atoms with Crippen molar-refractivity contribution in [1.29, 1.82) is 0 Å². The van der Waals surface area contributed by atoms with Gasteiger partial charge in [-0.25, -0.2) is 13.1 Å². The first-order valence-corrected chi connectivity index (χ1v) is 12.3. The standard InChI is InChI=1S/C26H20ClNO4S/c27-20-13-14-23-22(17-20)26(15-16-32-23,19-9-2-1-3-10-19)25(29)28-33(30,31)24-12-6-8-18-7-4-5-11-21(18)24/h1-14,17H,15-16H2,(H,28,29). The number of amides is 1. The molecule has 0 bridgehead atoms. The Hall–Kier alpha value is -3.35. The molecule has 1 aliphatic rings. The zero-order chi connectivity index (χ0) is 23.1. The third-order valence-corrected chi connectivity index (χ3v) is 7.68. The number of fused-ring (bicyclic) bond motifs is 2. The highest BCUT2D eigenvalue weighted by Crippen LogP contribution is 2.45. The van der Waals surface area contributed by atoms with Crippen molar-refractivity contribution in [2.24, 2.45) is 0 Å². The van der Waals surface area contributed by atoms with Crippen LogP contribution in [-0.4, -0.2) is 20.9 Å². The Kier molecular flexibility index (Phi) is 5.35. The van der Waals surface area contributed by atoms with Crippen molar-refractivity contribution in [3.8, 4) is 5.75 Å². The summed E-state index contributed by atoms with van der Waals surface area (Å²) in [6.07, 6.45) is 0.265. The maximum Gasteiger partial charge on any atom is 0.264 e. The maximum absolute atomic E-state index is 13.9. The van der Waals surface area contributed by atoms with E-state index in [1.165, 1.54) is 6.07 Å². The number of ether oxygens (including phenoxy) is 1. The van der Waals surface area contributed by atoms with E-state index in [0.29, 0.717) is 27.3 Å². The molecular weight excluding hydrogens is 458 g/mol. The number of carbonyl (C=O) groups excluding carboxylic acids is 1. The van der Waals surface area contributed by atoms with Crippen LogP contribution in [0.1, 0.15) is 17.5 Å². The van der Waals surface area contributed by atoms with E-state index in [-0.39, 0.29) is 17.9 Å². The second-order valence-corrected chi connectivity index (χ2v) is 10.0. The molecule has 0 aromatic heterocycles. The van der Waals surface area contributed by atoms with Crippen molar-refractivity contribution in [2.75, 3.05) is 6.61 Å².